The van der Waals surface area contributed by atoms with E-state index in [0.29, 0.717) is 30.2 Å². The van der Waals surface area contributed by atoms with E-state index >= 15 is 0 Å². The van der Waals surface area contributed by atoms with Crippen LogP contribution in [0.15, 0.2) is 24.3 Å². The van der Waals surface area contributed by atoms with Gasteiger partial charge in [-0.3, -0.25) is 9.48 Å². The number of rotatable bonds is 6. The molecule has 2 heterocycles. The van der Waals surface area contributed by atoms with Gasteiger partial charge in [-0.15, -0.1) is 0 Å². The fraction of sp³-hybridized carbons (Fsp3) is 0.412. The lowest BCUT2D eigenvalue weighted by molar-refractivity contribution is -0.116. The third-order valence-electron chi connectivity index (χ3n) is 3.97. The summed E-state index contributed by atoms with van der Waals surface area (Å²) < 4.78 is 7.34. The van der Waals surface area contributed by atoms with Crippen LogP contribution in [0.4, 0.5) is 5.82 Å². The lowest BCUT2D eigenvalue weighted by atomic mass is 10.1. The summed E-state index contributed by atoms with van der Waals surface area (Å²) in [6.45, 7) is 2.12. The summed E-state index contributed by atoms with van der Waals surface area (Å²) in [6.07, 6.45) is 1.90. The van der Waals surface area contributed by atoms with Crippen LogP contribution in [0, 0.1) is 0 Å². The Morgan fingerprint density at radius 2 is 2.29 bits per heavy atom. The number of hydrogen-bond donors (Lipinski definition) is 2. The van der Waals surface area contributed by atoms with Crippen LogP contribution in [0.5, 0.6) is 5.75 Å². The van der Waals surface area contributed by atoms with E-state index in [0.717, 1.165) is 36.6 Å². The molecule has 0 fully saturated rings. The molecule has 3 rings (SSSR count). The number of carbonyl (C=O) groups is 1. The predicted octanol–water partition coefficient (Wildman–Crippen LogP) is 2.52. The minimum atomic E-state index is -0.0332. The van der Waals surface area contributed by atoms with Crippen molar-refractivity contribution < 1.29 is 9.53 Å². The molecule has 2 aromatic rings. The average Bonchev–Trinajstić information content (AvgIpc) is 2.89. The fourth-order valence-electron chi connectivity index (χ4n) is 2.76. The molecule has 6 nitrogen and oxygen atoms in total. The topological polar surface area (TPSA) is 68.2 Å². The quantitative estimate of drug-likeness (QED) is 0.787. The van der Waals surface area contributed by atoms with Gasteiger partial charge in [-0.05, 0) is 18.6 Å². The Morgan fingerprint density at radius 1 is 1.46 bits per heavy atom. The first-order chi connectivity index (χ1) is 11.6. The third-order valence-corrected chi connectivity index (χ3v) is 4.28. The second-order valence-corrected chi connectivity index (χ2v) is 6.16. The normalized spacial score (nSPS) is 13.4. The number of amides is 1. The summed E-state index contributed by atoms with van der Waals surface area (Å²) in [7, 11) is 1.86. The number of halogens is 1. The van der Waals surface area contributed by atoms with E-state index in [2.05, 4.69) is 15.7 Å². The lowest BCUT2D eigenvalue weighted by Gasteiger charge is -2.13. The van der Waals surface area contributed by atoms with Crippen LogP contribution in [-0.2, 0) is 24.8 Å². The fourth-order valence-corrected chi connectivity index (χ4v) is 2.95. The minimum absolute atomic E-state index is 0.0332. The van der Waals surface area contributed by atoms with E-state index in [1.54, 1.807) is 10.7 Å². The number of para-hydroxylation sites is 1. The SMILES string of the molecule is Cn1nc2c(c1NC(=O)CCCOc1ccccc1Cl)CNCC2. The number of hydrogen-bond acceptors (Lipinski definition) is 4. The van der Waals surface area contributed by atoms with Gasteiger partial charge in [0, 0.05) is 38.5 Å². The number of aryl methyl sites for hydroxylation is 1. The Kier molecular flexibility index (Phi) is 5.37. The molecule has 0 radical (unpaired) electrons. The number of fused-ring (bicyclic) bond motifs is 1. The molecule has 0 aliphatic carbocycles. The molecule has 0 saturated heterocycles. The monoisotopic (exact) mass is 348 g/mol. The van der Waals surface area contributed by atoms with Gasteiger partial charge in [0.25, 0.3) is 0 Å². The van der Waals surface area contributed by atoms with Crippen LogP contribution >= 0.6 is 11.6 Å². The highest BCUT2D eigenvalue weighted by Crippen LogP contribution is 2.24. The largest absolute Gasteiger partial charge is 0.492 e. The van der Waals surface area contributed by atoms with Crippen LogP contribution in [0.3, 0.4) is 0 Å². The van der Waals surface area contributed by atoms with Crippen molar-refractivity contribution >= 4 is 23.3 Å². The average molecular weight is 349 g/mol. The van der Waals surface area contributed by atoms with E-state index in [1.807, 2.05) is 25.2 Å². The van der Waals surface area contributed by atoms with Gasteiger partial charge >= 0.3 is 0 Å². The zero-order valence-corrected chi connectivity index (χ0v) is 14.4. The molecule has 1 aromatic heterocycles. The molecule has 128 valence electrons. The van der Waals surface area contributed by atoms with Gasteiger partial charge in [0.15, 0.2) is 0 Å². The number of carbonyl (C=O) groups excluding carboxylic acids is 1. The van der Waals surface area contributed by atoms with Crippen molar-refractivity contribution in [1.29, 1.82) is 0 Å². The molecule has 1 aliphatic rings. The Balaban J connectivity index is 1.48. The van der Waals surface area contributed by atoms with Gasteiger partial charge in [0.1, 0.15) is 11.6 Å². The molecule has 24 heavy (non-hydrogen) atoms. The second kappa shape index (κ2) is 7.68. The van der Waals surface area contributed by atoms with Gasteiger partial charge in [0.2, 0.25) is 5.91 Å². The Hall–Kier alpha value is -2.05. The van der Waals surface area contributed by atoms with Crippen molar-refractivity contribution in [3.63, 3.8) is 0 Å². The lowest BCUT2D eigenvalue weighted by Crippen LogP contribution is -2.24. The molecule has 0 bridgehead atoms. The molecule has 0 spiro atoms. The number of benzene rings is 1. The van der Waals surface area contributed by atoms with Crippen molar-refractivity contribution in [3.8, 4) is 5.75 Å². The molecule has 0 saturated carbocycles. The summed E-state index contributed by atoms with van der Waals surface area (Å²) in [4.78, 5) is 12.2. The van der Waals surface area contributed by atoms with Crippen molar-refractivity contribution in [2.45, 2.75) is 25.8 Å². The molecule has 0 atom stereocenters. The van der Waals surface area contributed by atoms with Gasteiger partial charge in [-0.2, -0.15) is 5.10 Å². The summed E-state index contributed by atoms with van der Waals surface area (Å²) in [5.41, 5.74) is 2.15. The van der Waals surface area contributed by atoms with E-state index in [1.165, 1.54) is 0 Å². The summed E-state index contributed by atoms with van der Waals surface area (Å²) in [5.74, 6) is 1.40. The smallest absolute Gasteiger partial charge is 0.225 e. The molecule has 0 unspecified atom stereocenters. The highest BCUT2D eigenvalue weighted by molar-refractivity contribution is 6.32. The first kappa shape index (κ1) is 16.8. The predicted molar refractivity (Wildman–Crippen MR) is 93.4 cm³/mol. The number of ether oxygens (including phenoxy) is 1. The Morgan fingerprint density at radius 3 is 3.12 bits per heavy atom. The molecular weight excluding hydrogens is 328 g/mol. The van der Waals surface area contributed by atoms with Crippen molar-refractivity contribution in [3.05, 3.63) is 40.5 Å². The van der Waals surface area contributed by atoms with Crippen LogP contribution in [0.25, 0.3) is 0 Å². The van der Waals surface area contributed by atoms with E-state index in [-0.39, 0.29) is 5.91 Å². The summed E-state index contributed by atoms with van der Waals surface area (Å²) >= 11 is 6.03. The van der Waals surface area contributed by atoms with Gasteiger partial charge in [-0.1, -0.05) is 23.7 Å². The summed E-state index contributed by atoms with van der Waals surface area (Å²) in [5, 5.41) is 11.3. The highest BCUT2D eigenvalue weighted by Gasteiger charge is 2.20. The first-order valence-corrected chi connectivity index (χ1v) is 8.45. The maximum absolute atomic E-state index is 12.2. The Labute approximate surface area is 146 Å². The zero-order valence-electron chi connectivity index (χ0n) is 13.6. The van der Waals surface area contributed by atoms with Crippen molar-refractivity contribution in [2.75, 3.05) is 18.5 Å². The number of anilines is 1. The number of nitrogens with zero attached hydrogens (tertiary/aromatic N) is 2. The van der Waals surface area contributed by atoms with Crippen LogP contribution in [0.1, 0.15) is 24.1 Å². The van der Waals surface area contributed by atoms with E-state index in [4.69, 9.17) is 16.3 Å². The van der Waals surface area contributed by atoms with E-state index in [9.17, 15) is 4.79 Å². The number of nitrogens with one attached hydrogen (secondary N) is 2. The molecule has 1 amide bonds. The summed E-state index contributed by atoms with van der Waals surface area (Å²) in [6, 6.07) is 7.32. The van der Waals surface area contributed by atoms with Gasteiger partial charge < -0.3 is 15.4 Å². The van der Waals surface area contributed by atoms with Crippen LogP contribution in [0.2, 0.25) is 5.02 Å². The molecular formula is C17H21ClN4O2. The third kappa shape index (κ3) is 3.88. The van der Waals surface area contributed by atoms with Gasteiger partial charge in [0.05, 0.1) is 17.3 Å². The molecule has 1 aromatic carbocycles. The molecule has 2 N–H and O–H groups in total. The standard InChI is InChI=1S/C17H21ClN4O2/c1-22-17(12-11-19-9-8-14(12)21-22)20-16(23)7-4-10-24-15-6-3-2-5-13(15)18/h2-3,5-6,19H,4,7-11H2,1H3,(H,20,23). The highest BCUT2D eigenvalue weighted by atomic mass is 35.5. The second-order valence-electron chi connectivity index (χ2n) is 5.75. The van der Waals surface area contributed by atoms with Crippen LogP contribution < -0.4 is 15.4 Å². The Bertz CT molecular complexity index is 729. The first-order valence-electron chi connectivity index (χ1n) is 8.08. The zero-order chi connectivity index (χ0) is 16.9. The molecule has 7 heteroatoms. The van der Waals surface area contributed by atoms with Crippen molar-refractivity contribution in [1.82, 2.24) is 15.1 Å². The number of aromatic nitrogens is 2. The molecule has 1 aliphatic heterocycles. The van der Waals surface area contributed by atoms with E-state index < -0.39 is 0 Å². The van der Waals surface area contributed by atoms with Gasteiger partial charge in [-0.25, -0.2) is 0 Å². The maximum Gasteiger partial charge on any atom is 0.225 e. The van der Waals surface area contributed by atoms with Crippen molar-refractivity contribution in [2.24, 2.45) is 7.05 Å². The minimum Gasteiger partial charge on any atom is -0.492 e. The van der Waals surface area contributed by atoms with Crippen LogP contribution in [-0.4, -0.2) is 28.8 Å². The maximum atomic E-state index is 12.2.